The number of ether oxygens (including phenoxy) is 2. The van der Waals surface area contributed by atoms with Crippen LogP contribution in [0.3, 0.4) is 0 Å². The minimum absolute atomic E-state index is 0.195. The lowest BCUT2D eigenvalue weighted by atomic mass is 10.1. The van der Waals surface area contributed by atoms with Crippen LogP contribution in [-0.4, -0.2) is 42.6 Å². The highest BCUT2D eigenvalue weighted by molar-refractivity contribution is 9.10. The van der Waals surface area contributed by atoms with E-state index < -0.39 is 16.8 Å². The van der Waals surface area contributed by atoms with E-state index in [-0.39, 0.29) is 18.0 Å². The van der Waals surface area contributed by atoms with Crippen LogP contribution in [0.5, 0.6) is 0 Å². The second-order valence-electron chi connectivity index (χ2n) is 6.16. The first kappa shape index (κ1) is 24.2. The Bertz CT molecular complexity index is 856. The highest BCUT2D eigenvalue weighted by Gasteiger charge is 2.25. The van der Waals surface area contributed by atoms with Gasteiger partial charge in [-0.05, 0) is 13.8 Å². The van der Waals surface area contributed by atoms with Crippen LogP contribution in [0.4, 0.5) is 0 Å². The summed E-state index contributed by atoms with van der Waals surface area (Å²) in [5, 5.41) is 0. The van der Waals surface area contributed by atoms with Gasteiger partial charge in [-0.15, -0.1) is 0 Å². The number of rotatable bonds is 6. The molecule has 2 aromatic rings. The molecule has 0 radical (unpaired) electrons. The zero-order chi connectivity index (χ0) is 22.0. The Morgan fingerprint density at radius 3 is 1.66 bits per heavy atom. The van der Waals surface area contributed by atoms with E-state index in [2.05, 4.69) is 25.4 Å². The number of methoxy groups -OCH3 is 2. The lowest BCUT2D eigenvalue weighted by Gasteiger charge is -2.06. The number of hydrogen-bond acceptors (Lipinski definition) is 6. The van der Waals surface area contributed by atoms with E-state index in [1.165, 1.54) is 14.2 Å². The van der Waals surface area contributed by atoms with Gasteiger partial charge in [-0.2, -0.15) is 0 Å². The fourth-order valence-electron chi connectivity index (χ4n) is 2.12. The summed E-state index contributed by atoms with van der Waals surface area (Å²) in [6.45, 7) is 3.87. The van der Waals surface area contributed by atoms with E-state index in [0.29, 0.717) is 11.1 Å². The zero-order valence-corrected chi connectivity index (χ0v) is 18.3. The smallest absolute Gasteiger partial charge is 0.327 e. The molecule has 0 aliphatic rings. The van der Waals surface area contributed by atoms with Crippen molar-refractivity contribution < 1.29 is 28.7 Å². The van der Waals surface area contributed by atoms with Crippen molar-refractivity contribution >= 4 is 39.4 Å². The molecule has 0 heterocycles. The van der Waals surface area contributed by atoms with Crippen molar-refractivity contribution in [2.45, 2.75) is 25.1 Å². The van der Waals surface area contributed by atoms with Crippen LogP contribution in [0.1, 0.15) is 38.3 Å². The molecule has 7 heteroatoms. The van der Waals surface area contributed by atoms with Crippen LogP contribution >= 0.6 is 15.9 Å². The number of aryl methyl sites for hydroxylation is 2. The highest BCUT2D eigenvalue weighted by atomic mass is 79.9. The number of alkyl halides is 1. The van der Waals surface area contributed by atoms with Gasteiger partial charge in [0.1, 0.15) is 6.42 Å². The number of hydrogen-bond donors (Lipinski definition) is 0. The lowest BCUT2D eigenvalue weighted by Crippen LogP contribution is -2.25. The quantitative estimate of drug-likeness (QED) is 0.280. The third kappa shape index (κ3) is 7.99. The summed E-state index contributed by atoms with van der Waals surface area (Å²) in [5.74, 6) is -1.59. The number of Topliss-reactive ketones (excluding diaryl/α,β-unsaturated/α-hetero) is 2. The second kappa shape index (κ2) is 11.9. The van der Waals surface area contributed by atoms with Crippen molar-refractivity contribution in [1.82, 2.24) is 0 Å². The molecule has 6 nitrogen and oxygen atoms in total. The van der Waals surface area contributed by atoms with E-state index in [9.17, 15) is 19.2 Å². The molecule has 0 N–H and O–H groups in total. The number of halogens is 1. The Morgan fingerprint density at radius 2 is 1.24 bits per heavy atom. The Morgan fingerprint density at radius 1 is 0.793 bits per heavy atom. The average molecular weight is 463 g/mol. The Balaban J connectivity index is 0.000000291. The monoisotopic (exact) mass is 462 g/mol. The Labute approximate surface area is 178 Å². The Kier molecular flexibility index (Phi) is 9.96. The molecule has 2 aromatic carbocycles. The van der Waals surface area contributed by atoms with Gasteiger partial charge in [0.15, 0.2) is 16.4 Å². The van der Waals surface area contributed by atoms with Crippen molar-refractivity contribution in [2.75, 3.05) is 14.2 Å². The molecule has 0 spiro atoms. The van der Waals surface area contributed by atoms with E-state index in [1.807, 2.05) is 38.1 Å². The molecule has 0 aliphatic heterocycles. The number of esters is 2. The number of carbonyl (C=O) groups excluding carboxylic acids is 4. The second-order valence-corrected chi connectivity index (χ2v) is 7.07. The molecule has 0 saturated carbocycles. The predicted molar refractivity (Wildman–Crippen MR) is 112 cm³/mol. The van der Waals surface area contributed by atoms with Crippen LogP contribution in [0.25, 0.3) is 0 Å². The fourth-order valence-corrected chi connectivity index (χ4v) is 2.57. The van der Waals surface area contributed by atoms with Gasteiger partial charge >= 0.3 is 11.9 Å². The van der Waals surface area contributed by atoms with Gasteiger partial charge in [-0.3, -0.25) is 19.2 Å². The molecule has 0 saturated heterocycles. The topological polar surface area (TPSA) is 86.7 Å². The summed E-state index contributed by atoms with van der Waals surface area (Å²) >= 11 is 3.00. The van der Waals surface area contributed by atoms with Gasteiger partial charge in [-0.1, -0.05) is 75.6 Å². The number of ketones is 2. The van der Waals surface area contributed by atoms with Gasteiger partial charge in [0.2, 0.25) is 0 Å². The zero-order valence-electron chi connectivity index (χ0n) is 16.7. The maximum absolute atomic E-state index is 11.7. The third-order valence-electron chi connectivity index (χ3n) is 3.88. The van der Waals surface area contributed by atoms with E-state index in [0.717, 1.165) is 11.1 Å². The molecule has 0 fully saturated rings. The largest absolute Gasteiger partial charge is 0.469 e. The Hall–Kier alpha value is -2.80. The molecule has 1 unspecified atom stereocenters. The summed E-state index contributed by atoms with van der Waals surface area (Å²) in [5.41, 5.74) is 3.18. The summed E-state index contributed by atoms with van der Waals surface area (Å²) in [6, 6.07) is 14.1. The highest BCUT2D eigenvalue weighted by Crippen LogP contribution is 2.12. The van der Waals surface area contributed by atoms with Crippen molar-refractivity contribution in [3.63, 3.8) is 0 Å². The molecule has 0 bridgehead atoms. The van der Waals surface area contributed by atoms with Crippen molar-refractivity contribution in [2.24, 2.45) is 0 Å². The molecule has 1 atom stereocenters. The fraction of sp³-hybridized carbons (Fsp3) is 0.273. The minimum Gasteiger partial charge on any atom is -0.469 e. The van der Waals surface area contributed by atoms with Crippen molar-refractivity contribution in [1.29, 1.82) is 0 Å². The average Bonchev–Trinajstić information content (AvgIpc) is 2.73. The summed E-state index contributed by atoms with van der Waals surface area (Å²) in [7, 11) is 2.52. The molecule has 0 amide bonds. The lowest BCUT2D eigenvalue weighted by molar-refractivity contribution is -0.140. The third-order valence-corrected chi connectivity index (χ3v) is 4.67. The number of benzene rings is 2. The van der Waals surface area contributed by atoms with Crippen LogP contribution in [0, 0.1) is 13.8 Å². The van der Waals surface area contributed by atoms with Crippen LogP contribution < -0.4 is 0 Å². The molecule has 0 aliphatic carbocycles. The van der Waals surface area contributed by atoms with Crippen molar-refractivity contribution in [3.05, 3.63) is 70.8 Å². The first-order valence-electron chi connectivity index (χ1n) is 8.69. The first-order chi connectivity index (χ1) is 13.7. The molecular weight excluding hydrogens is 440 g/mol. The molecule has 2 rings (SSSR count). The standard InChI is InChI=1S/C11H11BrO3.C11H12O3/c1-7-3-5-8(6-4-7)10(13)9(12)11(14)15-2;1-8-3-5-9(6-4-8)10(12)7-11(13)14-2/h3-6,9H,1-2H3;3-6H,7H2,1-2H3. The first-order valence-corrected chi connectivity index (χ1v) is 9.60. The van der Waals surface area contributed by atoms with E-state index in [4.69, 9.17) is 0 Å². The molecule has 154 valence electrons. The normalized spacial score (nSPS) is 10.8. The maximum atomic E-state index is 11.7. The van der Waals surface area contributed by atoms with Crippen LogP contribution in [-0.2, 0) is 19.1 Å². The van der Waals surface area contributed by atoms with Gasteiger partial charge in [0.05, 0.1) is 14.2 Å². The van der Waals surface area contributed by atoms with E-state index >= 15 is 0 Å². The van der Waals surface area contributed by atoms with E-state index in [1.54, 1.807) is 24.3 Å². The maximum Gasteiger partial charge on any atom is 0.327 e. The predicted octanol–water partition coefficient (Wildman–Crippen LogP) is 3.86. The minimum atomic E-state index is -0.926. The summed E-state index contributed by atoms with van der Waals surface area (Å²) < 4.78 is 8.88. The van der Waals surface area contributed by atoms with Gasteiger partial charge in [0, 0.05) is 11.1 Å². The van der Waals surface area contributed by atoms with Crippen LogP contribution in [0.2, 0.25) is 0 Å². The summed E-state index contributed by atoms with van der Waals surface area (Å²) in [6.07, 6.45) is -0.195. The SMILES string of the molecule is COC(=O)C(Br)C(=O)c1ccc(C)cc1.COC(=O)CC(=O)c1ccc(C)cc1. The van der Waals surface area contributed by atoms with Gasteiger partial charge in [0.25, 0.3) is 0 Å². The van der Waals surface area contributed by atoms with Gasteiger partial charge in [-0.25, -0.2) is 0 Å². The van der Waals surface area contributed by atoms with Crippen molar-refractivity contribution in [3.8, 4) is 0 Å². The van der Waals surface area contributed by atoms with Gasteiger partial charge < -0.3 is 9.47 Å². The molecule has 29 heavy (non-hydrogen) atoms. The summed E-state index contributed by atoms with van der Waals surface area (Å²) in [4.78, 5) is 44.1. The van der Waals surface area contributed by atoms with Crippen LogP contribution in [0.15, 0.2) is 48.5 Å². The molecule has 0 aromatic heterocycles. The number of carbonyl (C=O) groups is 4. The molecular formula is C22H23BrO6.